The minimum atomic E-state index is -0.195. The summed E-state index contributed by atoms with van der Waals surface area (Å²) >= 11 is 0. The third kappa shape index (κ3) is 3.49. The van der Waals surface area contributed by atoms with Gasteiger partial charge in [0.15, 0.2) is 5.84 Å². The maximum Gasteiger partial charge on any atom is 0.221 e. The number of ether oxygens (including phenoxy) is 1. The standard InChI is InChI=1S/C10H13N3O3/c1-7(14)12-8-4-2-3-5-9(8)16-6-10(11)13-15/h2-5,15H,6H2,1H3,(H2,11,13)(H,12,14). The van der Waals surface area contributed by atoms with Crippen molar-refractivity contribution in [3.63, 3.8) is 0 Å². The Balaban J connectivity index is 2.74. The minimum Gasteiger partial charge on any atom is -0.483 e. The fraction of sp³-hybridized carbons (Fsp3) is 0.200. The molecule has 16 heavy (non-hydrogen) atoms. The summed E-state index contributed by atoms with van der Waals surface area (Å²) in [6.07, 6.45) is 0. The fourth-order valence-corrected chi connectivity index (χ4v) is 1.07. The van der Waals surface area contributed by atoms with E-state index in [1.54, 1.807) is 24.3 Å². The summed E-state index contributed by atoms with van der Waals surface area (Å²) in [7, 11) is 0. The number of benzene rings is 1. The van der Waals surface area contributed by atoms with Gasteiger partial charge < -0.3 is 21.0 Å². The van der Waals surface area contributed by atoms with Crippen LogP contribution >= 0.6 is 0 Å². The lowest BCUT2D eigenvalue weighted by atomic mass is 10.3. The zero-order valence-electron chi connectivity index (χ0n) is 8.80. The van der Waals surface area contributed by atoms with E-state index in [0.29, 0.717) is 11.4 Å². The number of nitrogens with zero attached hydrogens (tertiary/aromatic N) is 1. The van der Waals surface area contributed by atoms with E-state index in [2.05, 4.69) is 10.5 Å². The van der Waals surface area contributed by atoms with E-state index < -0.39 is 0 Å². The van der Waals surface area contributed by atoms with Gasteiger partial charge in [-0.2, -0.15) is 0 Å². The number of amides is 1. The molecule has 4 N–H and O–H groups in total. The molecule has 0 atom stereocenters. The Labute approximate surface area is 92.7 Å². The molecule has 1 rings (SSSR count). The van der Waals surface area contributed by atoms with Gasteiger partial charge in [0, 0.05) is 6.92 Å². The van der Waals surface area contributed by atoms with Crippen LogP contribution in [0.2, 0.25) is 0 Å². The SMILES string of the molecule is CC(=O)Nc1ccccc1OC/C(N)=N/O. The number of carbonyl (C=O) groups is 1. The van der Waals surface area contributed by atoms with Gasteiger partial charge in [0.05, 0.1) is 5.69 Å². The molecule has 86 valence electrons. The number of hydrogen-bond acceptors (Lipinski definition) is 4. The van der Waals surface area contributed by atoms with Gasteiger partial charge in [-0.05, 0) is 12.1 Å². The first-order valence-electron chi connectivity index (χ1n) is 4.59. The molecule has 0 unspecified atom stereocenters. The van der Waals surface area contributed by atoms with Gasteiger partial charge in [0.2, 0.25) is 5.91 Å². The van der Waals surface area contributed by atoms with Crippen LogP contribution in [0.25, 0.3) is 0 Å². The molecule has 0 saturated heterocycles. The van der Waals surface area contributed by atoms with Crippen LogP contribution < -0.4 is 15.8 Å². The normalized spacial score (nSPS) is 10.9. The highest BCUT2D eigenvalue weighted by Gasteiger charge is 2.04. The molecular formula is C10H13N3O3. The first kappa shape index (κ1) is 11.8. The molecule has 0 aliphatic carbocycles. The number of anilines is 1. The molecule has 0 aromatic heterocycles. The van der Waals surface area contributed by atoms with Crippen molar-refractivity contribution < 1.29 is 14.7 Å². The van der Waals surface area contributed by atoms with Gasteiger partial charge in [0.25, 0.3) is 0 Å². The minimum absolute atomic E-state index is 0.0439. The van der Waals surface area contributed by atoms with E-state index in [9.17, 15) is 4.79 Å². The molecule has 6 nitrogen and oxygen atoms in total. The first-order chi connectivity index (χ1) is 7.63. The molecular weight excluding hydrogens is 210 g/mol. The average molecular weight is 223 g/mol. The molecule has 1 aromatic carbocycles. The molecule has 0 aliphatic heterocycles. The zero-order valence-corrected chi connectivity index (χ0v) is 8.80. The molecule has 0 saturated carbocycles. The average Bonchev–Trinajstić information content (AvgIpc) is 2.26. The van der Waals surface area contributed by atoms with Gasteiger partial charge in [-0.15, -0.1) is 0 Å². The Hall–Kier alpha value is -2.24. The highest BCUT2D eigenvalue weighted by molar-refractivity contribution is 5.90. The molecule has 1 aromatic rings. The Morgan fingerprint density at radius 2 is 2.25 bits per heavy atom. The topological polar surface area (TPSA) is 96.9 Å². The lowest BCUT2D eigenvalue weighted by Gasteiger charge is -2.10. The van der Waals surface area contributed by atoms with Crippen molar-refractivity contribution in [2.45, 2.75) is 6.92 Å². The van der Waals surface area contributed by atoms with Crippen LogP contribution in [-0.4, -0.2) is 23.6 Å². The largest absolute Gasteiger partial charge is 0.483 e. The molecule has 0 fully saturated rings. The monoisotopic (exact) mass is 223 g/mol. The van der Waals surface area contributed by atoms with Gasteiger partial charge in [-0.25, -0.2) is 0 Å². The van der Waals surface area contributed by atoms with E-state index >= 15 is 0 Å². The highest BCUT2D eigenvalue weighted by atomic mass is 16.5. The highest BCUT2D eigenvalue weighted by Crippen LogP contribution is 2.23. The molecule has 0 radical (unpaired) electrons. The van der Waals surface area contributed by atoms with Crippen LogP contribution in [0.3, 0.4) is 0 Å². The lowest BCUT2D eigenvalue weighted by molar-refractivity contribution is -0.114. The van der Waals surface area contributed by atoms with Gasteiger partial charge in [-0.1, -0.05) is 17.3 Å². The van der Waals surface area contributed by atoms with Gasteiger partial charge in [-0.3, -0.25) is 4.79 Å². The van der Waals surface area contributed by atoms with Crippen LogP contribution in [0.5, 0.6) is 5.75 Å². The quantitative estimate of drug-likeness (QED) is 0.304. The molecule has 0 heterocycles. The summed E-state index contributed by atoms with van der Waals surface area (Å²) < 4.78 is 5.26. The Morgan fingerprint density at radius 3 is 2.88 bits per heavy atom. The number of nitrogens with one attached hydrogen (secondary N) is 1. The van der Waals surface area contributed by atoms with E-state index in [1.165, 1.54) is 6.92 Å². The van der Waals surface area contributed by atoms with Crippen LogP contribution in [0.4, 0.5) is 5.69 Å². The predicted molar refractivity (Wildman–Crippen MR) is 59.6 cm³/mol. The van der Waals surface area contributed by atoms with Crippen molar-refractivity contribution in [2.24, 2.45) is 10.9 Å². The summed E-state index contributed by atoms with van der Waals surface area (Å²) in [6.45, 7) is 1.35. The second-order valence-corrected chi connectivity index (χ2v) is 3.06. The summed E-state index contributed by atoms with van der Waals surface area (Å²) in [6, 6.07) is 6.90. The van der Waals surface area contributed by atoms with Gasteiger partial charge >= 0.3 is 0 Å². The third-order valence-electron chi connectivity index (χ3n) is 1.70. The fourth-order valence-electron chi connectivity index (χ4n) is 1.07. The van der Waals surface area contributed by atoms with E-state index in [-0.39, 0.29) is 18.3 Å². The van der Waals surface area contributed by atoms with Crippen molar-refractivity contribution in [1.82, 2.24) is 0 Å². The van der Waals surface area contributed by atoms with Crippen LogP contribution in [-0.2, 0) is 4.79 Å². The summed E-state index contributed by atoms with van der Waals surface area (Å²) in [5, 5.41) is 13.7. The van der Waals surface area contributed by atoms with Crippen molar-refractivity contribution in [3.05, 3.63) is 24.3 Å². The molecule has 6 heteroatoms. The van der Waals surface area contributed by atoms with Crippen LogP contribution in [0.1, 0.15) is 6.92 Å². The second-order valence-electron chi connectivity index (χ2n) is 3.06. The Morgan fingerprint density at radius 1 is 1.56 bits per heavy atom. The number of nitrogens with two attached hydrogens (primary N) is 1. The smallest absolute Gasteiger partial charge is 0.221 e. The maximum atomic E-state index is 10.9. The summed E-state index contributed by atoms with van der Waals surface area (Å²) in [5.41, 5.74) is 5.80. The first-order valence-corrected chi connectivity index (χ1v) is 4.59. The third-order valence-corrected chi connectivity index (χ3v) is 1.70. The maximum absolute atomic E-state index is 10.9. The molecule has 0 spiro atoms. The van der Waals surface area contributed by atoms with E-state index in [4.69, 9.17) is 15.7 Å². The summed E-state index contributed by atoms with van der Waals surface area (Å²) in [5.74, 6) is 0.224. The lowest BCUT2D eigenvalue weighted by Crippen LogP contribution is -2.21. The number of para-hydroxylation sites is 2. The molecule has 1 amide bonds. The summed E-state index contributed by atoms with van der Waals surface area (Å²) in [4.78, 5) is 10.9. The van der Waals surface area contributed by atoms with E-state index in [1.807, 2.05) is 0 Å². The van der Waals surface area contributed by atoms with Crippen LogP contribution in [0.15, 0.2) is 29.4 Å². The Bertz CT molecular complexity index is 404. The second kappa shape index (κ2) is 5.59. The van der Waals surface area contributed by atoms with Gasteiger partial charge in [0.1, 0.15) is 12.4 Å². The molecule has 0 bridgehead atoms. The predicted octanol–water partition coefficient (Wildman–Crippen LogP) is 0.770. The zero-order chi connectivity index (χ0) is 12.0. The number of hydrogen-bond donors (Lipinski definition) is 3. The number of carbonyl (C=O) groups excluding carboxylic acids is 1. The van der Waals surface area contributed by atoms with Crippen molar-refractivity contribution >= 4 is 17.4 Å². The number of rotatable bonds is 4. The van der Waals surface area contributed by atoms with E-state index in [0.717, 1.165) is 0 Å². The molecule has 0 aliphatic rings. The van der Waals surface area contributed by atoms with Crippen molar-refractivity contribution in [3.8, 4) is 5.75 Å². The van der Waals surface area contributed by atoms with Crippen molar-refractivity contribution in [2.75, 3.05) is 11.9 Å². The number of amidine groups is 1. The van der Waals surface area contributed by atoms with Crippen LogP contribution in [0, 0.1) is 0 Å². The van der Waals surface area contributed by atoms with Crippen molar-refractivity contribution in [1.29, 1.82) is 0 Å². The number of oxime groups is 1. The Kier molecular flexibility index (Phi) is 4.14.